The molecule has 0 unspecified atom stereocenters. The van der Waals surface area contributed by atoms with E-state index in [1.54, 1.807) is 0 Å². The lowest BCUT2D eigenvalue weighted by Crippen LogP contribution is -2.11. The zero-order chi connectivity index (χ0) is 20.5. The van der Waals surface area contributed by atoms with Gasteiger partial charge >= 0.3 is 5.97 Å². The van der Waals surface area contributed by atoms with E-state index in [1.807, 2.05) is 0 Å². The number of esters is 1. The van der Waals surface area contributed by atoms with Crippen LogP contribution in [-0.4, -0.2) is 32.3 Å². The monoisotopic (exact) mass is 397 g/mol. The quantitative estimate of drug-likeness (QED) is 0.0641. The van der Waals surface area contributed by atoms with Crippen molar-refractivity contribution in [2.45, 2.75) is 110 Å². The van der Waals surface area contributed by atoms with Gasteiger partial charge in [-0.15, -0.1) is 0 Å². The molecule has 0 amide bonds. The molecule has 6 nitrogen and oxygen atoms in total. The van der Waals surface area contributed by atoms with Crippen molar-refractivity contribution in [3.05, 3.63) is 10.4 Å². The summed E-state index contributed by atoms with van der Waals surface area (Å²) in [5.41, 5.74) is 8.11. The molecule has 28 heavy (non-hydrogen) atoms. The zero-order valence-electron chi connectivity index (χ0n) is 18.2. The first-order chi connectivity index (χ1) is 13.8. The lowest BCUT2D eigenvalue weighted by Gasteiger charge is -2.05. The molecule has 0 rings (SSSR count). The van der Waals surface area contributed by atoms with Gasteiger partial charge in [0, 0.05) is 17.9 Å². The number of rotatable bonds is 22. The standard InChI is InChI=1S/C22H43N3O3/c1-2-3-4-5-6-7-8-9-10-11-12-13-14-15-16-17-22(26)28-21-20-27-19-18-24-25-23/h2-21H2,1H3. The van der Waals surface area contributed by atoms with Crippen LogP contribution in [0.5, 0.6) is 0 Å². The summed E-state index contributed by atoms with van der Waals surface area (Å²) in [6.07, 6.45) is 20.3. The summed E-state index contributed by atoms with van der Waals surface area (Å²) in [7, 11) is 0. The highest BCUT2D eigenvalue weighted by Gasteiger charge is 2.02. The van der Waals surface area contributed by atoms with Crippen LogP contribution in [0.15, 0.2) is 5.11 Å². The molecule has 0 aliphatic rings. The van der Waals surface area contributed by atoms with Gasteiger partial charge in [0.05, 0.1) is 13.2 Å². The van der Waals surface area contributed by atoms with E-state index in [0.717, 1.165) is 12.8 Å². The molecule has 0 saturated heterocycles. The van der Waals surface area contributed by atoms with Crippen molar-refractivity contribution in [3.63, 3.8) is 0 Å². The van der Waals surface area contributed by atoms with E-state index in [2.05, 4.69) is 16.9 Å². The van der Waals surface area contributed by atoms with Crippen LogP contribution in [0.2, 0.25) is 0 Å². The number of hydrogen-bond donors (Lipinski definition) is 0. The largest absolute Gasteiger partial charge is 0.463 e. The van der Waals surface area contributed by atoms with Gasteiger partial charge in [-0.25, -0.2) is 0 Å². The highest BCUT2D eigenvalue weighted by molar-refractivity contribution is 5.69. The highest BCUT2D eigenvalue weighted by atomic mass is 16.6. The third kappa shape index (κ3) is 22.8. The van der Waals surface area contributed by atoms with Crippen molar-refractivity contribution in [1.82, 2.24) is 0 Å². The molecule has 0 spiro atoms. The van der Waals surface area contributed by atoms with Gasteiger partial charge in [0.2, 0.25) is 0 Å². The highest BCUT2D eigenvalue weighted by Crippen LogP contribution is 2.13. The molecule has 0 aromatic carbocycles. The van der Waals surface area contributed by atoms with Gasteiger partial charge in [-0.3, -0.25) is 4.79 Å². The first kappa shape index (κ1) is 26.7. The van der Waals surface area contributed by atoms with Gasteiger partial charge in [-0.1, -0.05) is 102 Å². The molecule has 0 saturated carbocycles. The molecule has 0 aliphatic heterocycles. The Morgan fingerprint density at radius 2 is 1.25 bits per heavy atom. The van der Waals surface area contributed by atoms with Crippen LogP contribution in [0.1, 0.15) is 110 Å². The second-order valence-electron chi connectivity index (χ2n) is 7.49. The van der Waals surface area contributed by atoms with E-state index < -0.39 is 0 Å². The Morgan fingerprint density at radius 3 is 1.75 bits per heavy atom. The molecule has 0 aromatic heterocycles. The Labute approximate surface area is 172 Å². The van der Waals surface area contributed by atoms with Crippen LogP contribution in [0.4, 0.5) is 0 Å². The van der Waals surface area contributed by atoms with E-state index in [1.165, 1.54) is 83.5 Å². The molecule has 164 valence electrons. The van der Waals surface area contributed by atoms with Gasteiger partial charge in [-0.05, 0) is 12.0 Å². The summed E-state index contributed by atoms with van der Waals surface area (Å²) < 4.78 is 10.3. The Morgan fingerprint density at radius 1 is 0.750 bits per heavy atom. The van der Waals surface area contributed by atoms with E-state index in [9.17, 15) is 4.79 Å². The SMILES string of the molecule is CCCCCCCCCCCCCCCCCC(=O)OCCOCCN=[N+]=[N-]. The first-order valence-corrected chi connectivity index (χ1v) is 11.6. The van der Waals surface area contributed by atoms with Crippen molar-refractivity contribution in [2.75, 3.05) is 26.4 Å². The average Bonchev–Trinajstić information content (AvgIpc) is 2.70. The maximum Gasteiger partial charge on any atom is 0.305 e. The molecular formula is C22H43N3O3. The molecule has 0 N–H and O–H groups in total. The van der Waals surface area contributed by atoms with Crippen molar-refractivity contribution in [1.29, 1.82) is 0 Å². The van der Waals surface area contributed by atoms with Gasteiger partial charge in [0.1, 0.15) is 6.61 Å². The van der Waals surface area contributed by atoms with Crippen LogP contribution in [-0.2, 0) is 14.3 Å². The number of hydrogen-bond acceptors (Lipinski definition) is 4. The molecule has 0 fully saturated rings. The molecule has 0 aliphatic carbocycles. The minimum atomic E-state index is -0.145. The molecule has 0 atom stereocenters. The second kappa shape index (κ2) is 23.8. The topological polar surface area (TPSA) is 84.3 Å². The molecule has 0 aromatic rings. The van der Waals surface area contributed by atoms with Crippen LogP contribution in [0.25, 0.3) is 10.4 Å². The third-order valence-electron chi connectivity index (χ3n) is 4.87. The van der Waals surface area contributed by atoms with Crippen LogP contribution < -0.4 is 0 Å². The molecule has 0 heterocycles. The normalized spacial score (nSPS) is 10.6. The third-order valence-corrected chi connectivity index (χ3v) is 4.87. The zero-order valence-corrected chi connectivity index (χ0v) is 18.2. The minimum absolute atomic E-state index is 0.145. The van der Waals surface area contributed by atoms with E-state index in [0.29, 0.717) is 26.2 Å². The fourth-order valence-electron chi connectivity index (χ4n) is 3.18. The maximum absolute atomic E-state index is 11.6. The number of azide groups is 1. The molecule has 0 bridgehead atoms. The first-order valence-electron chi connectivity index (χ1n) is 11.6. The van der Waals surface area contributed by atoms with E-state index >= 15 is 0 Å². The Hall–Kier alpha value is -1.26. The van der Waals surface area contributed by atoms with Gasteiger partial charge in [0.25, 0.3) is 0 Å². The number of unbranched alkanes of at least 4 members (excludes halogenated alkanes) is 14. The minimum Gasteiger partial charge on any atom is -0.463 e. The van der Waals surface area contributed by atoms with Crippen molar-refractivity contribution in [2.24, 2.45) is 5.11 Å². The van der Waals surface area contributed by atoms with Crippen molar-refractivity contribution < 1.29 is 14.3 Å². The average molecular weight is 398 g/mol. The summed E-state index contributed by atoms with van der Waals surface area (Å²) >= 11 is 0. The number of ether oxygens (including phenoxy) is 2. The Kier molecular flexibility index (Phi) is 22.7. The molecular weight excluding hydrogens is 354 g/mol. The van der Waals surface area contributed by atoms with Crippen LogP contribution >= 0.6 is 0 Å². The number of carbonyl (C=O) groups excluding carboxylic acids is 1. The summed E-state index contributed by atoms with van der Waals surface area (Å²) in [5.74, 6) is -0.145. The lowest BCUT2D eigenvalue weighted by atomic mass is 10.0. The summed E-state index contributed by atoms with van der Waals surface area (Å²) in [5, 5.41) is 3.36. The van der Waals surface area contributed by atoms with Crippen LogP contribution in [0.3, 0.4) is 0 Å². The van der Waals surface area contributed by atoms with Crippen molar-refractivity contribution >= 4 is 5.97 Å². The van der Waals surface area contributed by atoms with E-state index in [4.69, 9.17) is 15.0 Å². The second-order valence-corrected chi connectivity index (χ2v) is 7.49. The fraction of sp³-hybridized carbons (Fsp3) is 0.955. The van der Waals surface area contributed by atoms with Crippen LogP contribution in [0, 0.1) is 0 Å². The predicted octanol–water partition coefficient (Wildman–Crippen LogP) is 7.12. The van der Waals surface area contributed by atoms with Gasteiger partial charge in [-0.2, -0.15) is 0 Å². The predicted molar refractivity (Wildman–Crippen MR) is 115 cm³/mol. The number of carbonyl (C=O) groups is 1. The summed E-state index contributed by atoms with van der Waals surface area (Å²) in [6, 6.07) is 0. The summed E-state index contributed by atoms with van der Waals surface area (Å²) in [6.45, 7) is 3.56. The Balaban J connectivity index is 3.14. The van der Waals surface area contributed by atoms with Crippen molar-refractivity contribution in [3.8, 4) is 0 Å². The molecule has 0 radical (unpaired) electrons. The van der Waals surface area contributed by atoms with Gasteiger partial charge < -0.3 is 9.47 Å². The van der Waals surface area contributed by atoms with E-state index in [-0.39, 0.29) is 12.6 Å². The maximum atomic E-state index is 11.6. The number of nitrogens with zero attached hydrogens (tertiary/aromatic N) is 3. The lowest BCUT2D eigenvalue weighted by molar-refractivity contribution is -0.145. The fourth-order valence-corrected chi connectivity index (χ4v) is 3.18. The molecule has 6 heteroatoms. The van der Waals surface area contributed by atoms with Gasteiger partial charge in [0.15, 0.2) is 0 Å². The Bertz CT molecular complexity index is 385. The smallest absolute Gasteiger partial charge is 0.305 e. The summed E-state index contributed by atoms with van der Waals surface area (Å²) in [4.78, 5) is 14.2.